The van der Waals surface area contributed by atoms with Crippen LogP contribution in [0.15, 0.2) is 0 Å². The van der Waals surface area contributed by atoms with Crippen molar-refractivity contribution < 1.29 is 9.90 Å². The average Bonchev–Trinajstić information content (AvgIpc) is 2.41. The zero-order valence-electron chi connectivity index (χ0n) is 11.4. The van der Waals surface area contributed by atoms with E-state index in [1.807, 2.05) is 0 Å². The lowest BCUT2D eigenvalue weighted by Crippen LogP contribution is -2.35. The second-order valence-corrected chi connectivity index (χ2v) is 5.39. The van der Waals surface area contributed by atoms with Crippen LogP contribution in [0.2, 0.25) is 0 Å². The maximum atomic E-state index is 11.6. The Labute approximate surface area is 110 Å². The topological polar surface area (TPSA) is 75.4 Å². The van der Waals surface area contributed by atoms with Crippen LogP contribution in [0.3, 0.4) is 0 Å². The van der Waals surface area contributed by atoms with Crippen molar-refractivity contribution in [3.63, 3.8) is 0 Å². The van der Waals surface area contributed by atoms with Crippen LogP contribution >= 0.6 is 0 Å². The lowest BCUT2D eigenvalue weighted by Gasteiger charge is -2.30. The number of aliphatic hydroxyl groups is 1. The minimum Gasteiger partial charge on any atom is -0.396 e. The quantitative estimate of drug-likeness (QED) is 0.575. The molecule has 0 aromatic heterocycles. The van der Waals surface area contributed by atoms with Gasteiger partial charge >= 0.3 is 0 Å². The third-order valence-corrected chi connectivity index (χ3v) is 3.97. The highest BCUT2D eigenvalue weighted by Crippen LogP contribution is 2.29. The minimum absolute atomic E-state index is 0.147. The van der Waals surface area contributed by atoms with Crippen LogP contribution in [0.25, 0.3) is 0 Å². The lowest BCUT2D eigenvalue weighted by molar-refractivity contribution is -0.121. The second kappa shape index (κ2) is 9.34. The second-order valence-electron chi connectivity index (χ2n) is 5.39. The Morgan fingerprint density at radius 1 is 1.17 bits per heavy atom. The zero-order valence-corrected chi connectivity index (χ0v) is 11.4. The van der Waals surface area contributed by atoms with Gasteiger partial charge in [0.05, 0.1) is 0 Å². The van der Waals surface area contributed by atoms with Gasteiger partial charge in [0.2, 0.25) is 5.91 Å². The molecule has 1 aliphatic carbocycles. The molecule has 106 valence electrons. The predicted octanol–water partition coefficient (Wildman–Crippen LogP) is 1.42. The molecular weight excluding hydrogens is 228 g/mol. The molecule has 0 saturated heterocycles. The van der Waals surface area contributed by atoms with Gasteiger partial charge in [0, 0.05) is 19.6 Å². The number of carbonyl (C=O) groups excluding carboxylic acids is 1. The first-order valence-corrected chi connectivity index (χ1v) is 7.35. The number of rotatable bonds is 8. The number of hydrogen-bond acceptors (Lipinski definition) is 3. The smallest absolute Gasteiger partial charge is 0.220 e. The molecule has 2 unspecified atom stereocenters. The van der Waals surface area contributed by atoms with Crippen molar-refractivity contribution in [3.8, 4) is 0 Å². The molecule has 2 atom stereocenters. The fraction of sp³-hybridized carbons (Fsp3) is 0.929. The van der Waals surface area contributed by atoms with Gasteiger partial charge < -0.3 is 16.2 Å². The van der Waals surface area contributed by atoms with Crippen molar-refractivity contribution >= 4 is 5.91 Å². The molecule has 4 heteroatoms. The minimum atomic E-state index is 0.147. The SMILES string of the molecule is NCCCCCC(=O)NCC1CCCCC1CO. The van der Waals surface area contributed by atoms with Gasteiger partial charge in [-0.25, -0.2) is 0 Å². The summed E-state index contributed by atoms with van der Waals surface area (Å²) in [6.45, 7) is 1.71. The fourth-order valence-corrected chi connectivity index (χ4v) is 2.73. The maximum absolute atomic E-state index is 11.6. The summed E-state index contributed by atoms with van der Waals surface area (Å²) in [5.41, 5.74) is 5.41. The Balaban J connectivity index is 2.12. The Hall–Kier alpha value is -0.610. The van der Waals surface area contributed by atoms with Crippen molar-refractivity contribution in [2.75, 3.05) is 19.7 Å². The number of carbonyl (C=O) groups is 1. The van der Waals surface area contributed by atoms with Crippen molar-refractivity contribution in [1.82, 2.24) is 5.32 Å². The van der Waals surface area contributed by atoms with Gasteiger partial charge in [-0.2, -0.15) is 0 Å². The molecule has 1 fully saturated rings. The number of hydrogen-bond donors (Lipinski definition) is 3. The van der Waals surface area contributed by atoms with Gasteiger partial charge in [0.15, 0.2) is 0 Å². The largest absolute Gasteiger partial charge is 0.396 e. The summed E-state index contributed by atoms with van der Waals surface area (Å²) < 4.78 is 0. The van der Waals surface area contributed by atoms with Crippen LogP contribution in [-0.4, -0.2) is 30.7 Å². The highest BCUT2D eigenvalue weighted by atomic mass is 16.3. The van der Waals surface area contributed by atoms with E-state index >= 15 is 0 Å². The van der Waals surface area contributed by atoms with E-state index in [9.17, 15) is 9.90 Å². The van der Waals surface area contributed by atoms with Crippen molar-refractivity contribution in [3.05, 3.63) is 0 Å². The molecule has 1 aliphatic rings. The molecule has 0 heterocycles. The standard InChI is InChI=1S/C14H28N2O2/c15-9-5-1-2-8-14(18)16-10-12-6-3-4-7-13(12)11-17/h12-13,17H,1-11,15H2,(H,16,18). The van der Waals surface area contributed by atoms with E-state index in [0.717, 1.165) is 38.6 Å². The summed E-state index contributed by atoms with van der Waals surface area (Å²) in [4.78, 5) is 11.6. The van der Waals surface area contributed by atoms with E-state index in [-0.39, 0.29) is 12.5 Å². The predicted molar refractivity (Wildman–Crippen MR) is 73.1 cm³/mol. The highest BCUT2D eigenvalue weighted by molar-refractivity contribution is 5.75. The summed E-state index contributed by atoms with van der Waals surface area (Å²) in [5, 5.41) is 12.3. The van der Waals surface area contributed by atoms with E-state index < -0.39 is 0 Å². The normalized spacial score (nSPS) is 23.9. The first kappa shape index (κ1) is 15.4. The molecule has 0 aromatic carbocycles. The van der Waals surface area contributed by atoms with E-state index in [0.29, 0.717) is 24.8 Å². The molecule has 4 N–H and O–H groups in total. The Kier molecular flexibility index (Phi) is 8.01. The number of nitrogens with two attached hydrogens (primary N) is 1. The molecule has 1 rings (SSSR count). The summed E-state index contributed by atoms with van der Waals surface area (Å²) >= 11 is 0. The number of aliphatic hydroxyl groups excluding tert-OH is 1. The first-order valence-electron chi connectivity index (χ1n) is 7.35. The Morgan fingerprint density at radius 3 is 2.56 bits per heavy atom. The van der Waals surface area contributed by atoms with Crippen LogP contribution < -0.4 is 11.1 Å². The van der Waals surface area contributed by atoms with E-state index in [2.05, 4.69) is 5.32 Å². The van der Waals surface area contributed by atoms with Crippen LogP contribution in [0.5, 0.6) is 0 Å². The molecule has 0 bridgehead atoms. The third-order valence-electron chi connectivity index (χ3n) is 3.97. The van der Waals surface area contributed by atoms with Crippen molar-refractivity contribution in [2.45, 2.75) is 51.4 Å². The molecule has 4 nitrogen and oxygen atoms in total. The molecule has 18 heavy (non-hydrogen) atoms. The summed E-state index contributed by atoms with van der Waals surface area (Å²) in [6.07, 6.45) is 8.26. The fourth-order valence-electron chi connectivity index (χ4n) is 2.73. The molecule has 0 radical (unpaired) electrons. The van der Waals surface area contributed by atoms with Crippen LogP contribution in [-0.2, 0) is 4.79 Å². The van der Waals surface area contributed by atoms with Gasteiger partial charge in [-0.1, -0.05) is 19.3 Å². The van der Waals surface area contributed by atoms with E-state index in [1.54, 1.807) is 0 Å². The van der Waals surface area contributed by atoms with Crippen LogP contribution in [0.1, 0.15) is 51.4 Å². The van der Waals surface area contributed by atoms with Gasteiger partial charge in [0.1, 0.15) is 0 Å². The molecule has 0 aliphatic heterocycles. The van der Waals surface area contributed by atoms with Gasteiger partial charge in [-0.3, -0.25) is 4.79 Å². The zero-order chi connectivity index (χ0) is 13.2. The van der Waals surface area contributed by atoms with E-state index in [1.165, 1.54) is 12.8 Å². The summed E-state index contributed by atoms with van der Waals surface area (Å²) in [5.74, 6) is 1.00. The Morgan fingerprint density at radius 2 is 1.89 bits per heavy atom. The lowest BCUT2D eigenvalue weighted by atomic mass is 9.79. The molecule has 0 aromatic rings. The van der Waals surface area contributed by atoms with Gasteiger partial charge in [-0.15, -0.1) is 0 Å². The van der Waals surface area contributed by atoms with Crippen LogP contribution in [0.4, 0.5) is 0 Å². The average molecular weight is 256 g/mol. The monoisotopic (exact) mass is 256 g/mol. The number of amides is 1. The van der Waals surface area contributed by atoms with Gasteiger partial charge in [0.25, 0.3) is 0 Å². The molecular formula is C14H28N2O2. The summed E-state index contributed by atoms with van der Waals surface area (Å²) in [7, 11) is 0. The molecule has 1 amide bonds. The Bertz CT molecular complexity index is 234. The molecule has 1 saturated carbocycles. The van der Waals surface area contributed by atoms with Crippen LogP contribution in [0, 0.1) is 11.8 Å². The maximum Gasteiger partial charge on any atom is 0.220 e. The van der Waals surface area contributed by atoms with Crippen molar-refractivity contribution in [1.29, 1.82) is 0 Å². The van der Waals surface area contributed by atoms with Gasteiger partial charge in [-0.05, 0) is 44.1 Å². The third kappa shape index (κ3) is 5.83. The molecule has 0 spiro atoms. The van der Waals surface area contributed by atoms with Crippen molar-refractivity contribution in [2.24, 2.45) is 17.6 Å². The number of nitrogens with one attached hydrogen (secondary N) is 1. The van der Waals surface area contributed by atoms with E-state index in [4.69, 9.17) is 5.73 Å². The number of unbranched alkanes of at least 4 members (excludes halogenated alkanes) is 2. The first-order chi connectivity index (χ1) is 8.77. The highest BCUT2D eigenvalue weighted by Gasteiger charge is 2.24. The summed E-state index contributed by atoms with van der Waals surface area (Å²) in [6, 6.07) is 0.